The quantitative estimate of drug-likeness (QED) is 0.827. The van der Waals surface area contributed by atoms with E-state index in [-0.39, 0.29) is 0 Å². The maximum absolute atomic E-state index is 10.3. The van der Waals surface area contributed by atoms with Gasteiger partial charge in [-0.3, -0.25) is 4.98 Å². The summed E-state index contributed by atoms with van der Waals surface area (Å²) in [5.74, 6) is 0.799. The van der Waals surface area contributed by atoms with E-state index in [1.54, 1.807) is 18.5 Å². The van der Waals surface area contributed by atoms with Gasteiger partial charge in [0.2, 0.25) is 0 Å². The van der Waals surface area contributed by atoms with Crippen molar-refractivity contribution in [3.8, 4) is 0 Å². The third-order valence-electron chi connectivity index (χ3n) is 2.68. The number of aliphatic hydroxyl groups is 1. The van der Waals surface area contributed by atoms with E-state index in [1.807, 2.05) is 38.1 Å². The lowest BCUT2D eigenvalue weighted by Crippen LogP contribution is -2.34. The summed E-state index contributed by atoms with van der Waals surface area (Å²) in [4.78, 5) is 4.00. The molecule has 0 saturated carbocycles. The van der Waals surface area contributed by atoms with E-state index in [9.17, 15) is 5.11 Å². The highest BCUT2D eigenvalue weighted by Gasteiger charge is 2.35. The first kappa shape index (κ1) is 10.9. The molecule has 2 unspecified atom stereocenters. The van der Waals surface area contributed by atoms with Crippen LogP contribution in [0.2, 0.25) is 0 Å². The minimum Gasteiger partial charge on any atom is -0.485 e. The van der Waals surface area contributed by atoms with Gasteiger partial charge in [0.1, 0.15) is 6.10 Å². The molecule has 1 aliphatic rings. The van der Waals surface area contributed by atoms with E-state index in [1.165, 1.54) is 0 Å². The summed E-state index contributed by atoms with van der Waals surface area (Å²) >= 11 is 0. The van der Waals surface area contributed by atoms with E-state index >= 15 is 0 Å². The number of ether oxygens (including phenoxy) is 1. The Balaban J connectivity index is 2.26. The van der Waals surface area contributed by atoms with Gasteiger partial charge in [0.15, 0.2) is 5.60 Å². The van der Waals surface area contributed by atoms with E-state index in [0.717, 1.165) is 11.3 Å². The minimum atomic E-state index is -0.721. The van der Waals surface area contributed by atoms with Gasteiger partial charge >= 0.3 is 0 Å². The smallest absolute Gasteiger partial charge is 0.154 e. The van der Waals surface area contributed by atoms with Gasteiger partial charge in [0.25, 0.3) is 0 Å². The molecule has 1 N–H and O–H groups in total. The molecule has 0 bridgehead atoms. The molecule has 0 spiro atoms. The van der Waals surface area contributed by atoms with Gasteiger partial charge in [-0.2, -0.15) is 0 Å². The lowest BCUT2D eigenvalue weighted by atomic mass is 9.92. The molecule has 84 valence electrons. The molecule has 16 heavy (non-hydrogen) atoms. The molecule has 0 amide bonds. The molecular weight excluding hydrogens is 202 g/mol. The van der Waals surface area contributed by atoms with Crippen LogP contribution in [0.5, 0.6) is 0 Å². The first-order chi connectivity index (χ1) is 7.62. The summed E-state index contributed by atoms with van der Waals surface area (Å²) in [5, 5.41) is 10.3. The predicted molar refractivity (Wildman–Crippen MR) is 61.6 cm³/mol. The second-order valence-electron chi connectivity index (χ2n) is 4.11. The maximum atomic E-state index is 10.3. The topological polar surface area (TPSA) is 42.4 Å². The van der Waals surface area contributed by atoms with Crippen molar-refractivity contribution in [2.75, 3.05) is 0 Å². The number of aromatic nitrogens is 1. The summed E-state index contributed by atoms with van der Waals surface area (Å²) < 4.78 is 5.69. The molecule has 2 heterocycles. The highest BCUT2D eigenvalue weighted by Crippen LogP contribution is 2.33. The van der Waals surface area contributed by atoms with Gasteiger partial charge in [-0.25, -0.2) is 0 Å². The van der Waals surface area contributed by atoms with Crippen molar-refractivity contribution in [1.29, 1.82) is 0 Å². The van der Waals surface area contributed by atoms with Gasteiger partial charge in [0, 0.05) is 18.0 Å². The SMILES string of the molecule is CC1=CC=CC(C)(C(O)c2cccnc2)O1. The van der Waals surface area contributed by atoms with Crippen LogP contribution in [0.15, 0.2) is 48.5 Å². The van der Waals surface area contributed by atoms with Gasteiger partial charge in [-0.15, -0.1) is 0 Å². The number of rotatable bonds is 2. The Morgan fingerprint density at radius 2 is 2.31 bits per heavy atom. The molecule has 2 atom stereocenters. The third-order valence-corrected chi connectivity index (χ3v) is 2.68. The monoisotopic (exact) mass is 217 g/mol. The highest BCUT2D eigenvalue weighted by atomic mass is 16.5. The number of hydrogen-bond acceptors (Lipinski definition) is 3. The average Bonchev–Trinajstić information content (AvgIpc) is 2.29. The molecule has 2 rings (SSSR count). The summed E-state index contributed by atoms with van der Waals surface area (Å²) in [7, 11) is 0. The van der Waals surface area contributed by atoms with E-state index < -0.39 is 11.7 Å². The van der Waals surface area contributed by atoms with Gasteiger partial charge in [0.05, 0.1) is 5.76 Å². The fraction of sp³-hybridized carbons (Fsp3) is 0.308. The van der Waals surface area contributed by atoms with Gasteiger partial charge in [-0.05, 0) is 32.1 Å². The molecule has 1 aromatic heterocycles. The number of aliphatic hydroxyl groups excluding tert-OH is 1. The number of pyridine rings is 1. The zero-order valence-electron chi connectivity index (χ0n) is 9.42. The largest absolute Gasteiger partial charge is 0.485 e. The van der Waals surface area contributed by atoms with E-state index in [2.05, 4.69) is 4.98 Å². The first-order valence-corrected chi connectivity index (χ1v) is 5.25. The molecule has 3 heteroatoms. The van der Waals surface area contributed by atoms with Crippen molar-refractivity contribution in [2.24, 2.45) is 0 Å². The van der Waals surface area contributed by atoms with Crippen LogP contribution in [0.3, 0.4) is 0 Å². The molecule has 0 radical (unpaired) electrons. The molecule has 1 aliphatic heterocycles. The Labute approximate surface area is 95.1 Å². The molecule has 3 nitrogen and oxygen atoms in total. The normalized spacial score (nSPS) is 25.8. The molecule has 0 aromatic carbocycles. The molecule has 0 fully saturated rings. The maximum Gasteiger partial charge on any atom is 0.154 e. The van der Waals surface area contributed by atoms with Crippen LogP contribution >= 0.6 is 0 Å². The second-order valence-corrected chi connectivity index (χ2v) is 4.11. The van der Waals surface area contributed by atoms with Crippen molar-refractivity contribution in [3.63, 3.8) is 0 Å². The first-order valence-electron chi connectivity index (χ1n) is 5.25. The third kappa shape index (κ3) is 1.99. The number of nitrogens with zero attached hydrogens (tertiary/aromatic N) is 1. The van der Waals surface area contributed by atoms with Gasteiger partial charge in [-0.1, -0.05) is 12.1 Å². The van der Waals surface area contributed by atoms with Crippen molar-refractivity contribution in [2.45, 2.75) is 25.6 Å². The van der Waals surface area contributed by atoms with Crippen LogP contribution < -0.4 is 0 Å². The zero-order chi connectivity index (χ0) is 11.6. The van der Waals surface area contributed by atoms with Crippen molar-refractivity contribution < 1.29 is 9.84 Å². The van der Waals surface area contributed by atoms with Crippen molar-refractivity contribution in [3.05, 3.63) is 54.1 Å². The Bertz CT molecular complexity index is 425. The Morgan fingerprint density at radius 1 is 1.50 bits per heavy atom. The van der Waals surface area contributed by atoms with Crippen LogP contribution in [0.1, 0.15) is 25.5 Å². The molecular formula is C13H15NO2. The minimum absolute atomic E-state index is 0.720. The van der Waals surface area contributed by atoms with Crippen LogP contribution in [0.25, 0.3) is 0 Å². The Morgan fingerprint density at radius 3 is 2.94 bits per heavy atom. The average molecular weight is 217 g/mol. The fourth-order valence-corrected chi connectivity index (χ4v) is 1.81. The summed E-state index contributed by atoms with van der Waals surface area (Å²) in [6, 6.07) is 3.64. The summed E-state index contributed by atoms with van der Waals surface area (Å²) in [6.45, 7) is 3.73. The van der Waals surface area contributed by atoms with Crippen LogP contribution in [-0.2, 0) is 4.74 Å². The Hall–Kier alpha value is -1.61. The van der Waals surface area contributed by atoms with E-state index in [4.69, 9.17) is 4.74 Å². The number of hydrogen-bond donors (Lipinski definition) is 1. The highest BCUT2D eigenvalue weighted by molar-refractivity contribution is 5.25. The van der Waals surface area contributed by atoms with Crippen LogP contribution in [-0.4, -0.2) is 15.7 Å². The van der Waals surface area contributed by atoms with Crippen LogP contribution in [0, 0.1) is 0 Å². The van der Waals surface area contributed by atoms with Crippen LogP contribution in [0.4, 0.5) is 0 Å². The molecule has 0 saturated heterocycles. The summed E-state index contributed by atoms with van der Waals surface area (Å²) in [6.07, 6.45) is 8.25. The standard InChI is InChI=1S/C13H15NO2/c1-10-5-3-7-13(2,16-10)12(15)11-6-4-8-14-9-11/h3-9,12,15H,1-2H3. The Kier molecular flexibility index (Phi) is 2.79. The van der Waals surface area contributed by atoms with E-state index in [0.29, 0.717) is 0 Å². The lowest BCUT2D eigenvalue weighted by Gasteiger charge is -2.34. The van der Waals surface area contributed by atoms with Crippen molar-refractivity contribution in [1.82, 2.24) is 4.98 Å². The second kappa shape index (κ2) is 4.10. The van der Waals surface area contributed by atoms with Crippen molar-refractivity contribution >= 4 is 0 Å². The molecule has 0 aliphatic carbocycles. The zero-order valence-corrected chi connectivity index (χ0v) is 9.42. The number of allylic oxidation sites excluding steroid dienone is 3. The van der Waals surface area contributed by atoms with Gasteiger partial charge < -0.3 is 9.84 Å². The predicted octanol–water partition coefficient (Wildman–Crippen LogP) is 2.36. The molecule has 1 aromatic rings. The summed E-state index contributed by atoms with van der Waals surface area (Å²) in [5.41, 5.74) is 0.0337. The lowest BCUT2D eigenvalue weighted by molar-refractivity contribution is -0.0521. The fourth-order valence-electron chi connectivity index (χ4n) is 1.81.